The van der Waals surface area contributed by atoms with Gasteiger partial charge >= 0.3 is 0 Å². The van der Waals surface area contributed by atoms with Gasteiger partial charge in [-0.15, -0.1) is 0 Å². The number of hydrogen-bond acceptors (Lipinski definition) is 6. The van der Waals surface area contributed by atoms with E-state index in [1.54, 1.807) is 30.3 Å². The second kappa shape index (κ2) is 6.54. The van der Waals surface area contributed by atoms with E-state index in [1.165, 1.54) is 12.1 Å². The van der Waals surface area contributed by atoms with Gasteiger partial charge in [-0.1, -0.05) is 42.5 Å². The van der Waals surface area contributed by atoms with Crippen molar-refractivity contribution in [1.82, 2.24) is 0 Å². The maximum absolute atomic E-state index is 13.1. The standard InChI is InChI=1S/C20H14O8S2/c21-15-10-18(29(23,24)25)19(22)20(11-15,30(26,27)28)17-7-3-6-14-8-12-4-1-2-5-13(12)9-16(14)17/h1-10H,11H2,(H,23,24,25)(H,26,27,28). The Hall–Kier alpha value is -2.92. The highest BCUT2D eigenvalue weighted by Gasteiger charge is 2.58. The molecule has 0 aliphatic heterocycles. The van der Waals surface area contributed by atoms with Crippen molar-refractivity contribution >= 4 is 53.3 Å². The number of hydrogen-bond donors (Lipinski definition) is 2. The van der Waals surface area contributed by atoms with Gasteiger partial charge in [0.15, 0.2) is 10.5 Å². The van der Waals surface area contributed by atoms with Crippen LogP contribution < -0.4 is 0 Å². The van der Waals surface area contributed by atoms with Crippen LogP contribution in [0.2, 0.25) is 0 Å². The second-order valence-electron chi connectivity index (χ2n) is 6.98. The Labute approximate surface area is 171 Å². The van der Waals surface area contributed by atoms with Crippen molar-refractivity contribution in [3.63, 3.8) is 0 Å². The van der Waals surface area contributed by atoms with Gasteiger partial charge in [0.05, 0.1) is 0 Å². The summed E-state index contributed by atoms with van der Waals surface area (Å²) in [6.07, 6.45) is -0.628. The maximum atomic E-state index is 13.1. The summed E-state index contributed by atoms with van der Waals surface area (Å²) in [5.41, 5.74) is -0.249. The Morgan fingerprint density at radius 3 is 2.00 bits per heavy atom. The van der Waals surface area contributed by atoms with Crippen LogP contribution in [0, 0.1) is 0 Å². The molecule has 0 spiro atoms. The Bertz CT molecular complexity index is 1500. The first-order valence-electron chi connectivity index (χ1n) is 8.61. The second-order valence-corrected chi connectivity index (χ2v) is 10.0. The molecule has 0 amide bonds. The molecule has 0 saturated carbocycles. The van der Waals surface area contributed by atoms with Crippen LogP contribution in [0.1, 0.15) is 12.0 Å². The Kier molecular flexibility index (Phi) is 4.44. The lowest BCUT2D eigenvalue weighted by atomic mass is 9.82. The van der Waals surface area contributed by atoms with Crippen molar-refractivity contribution in [2.75, 3.05) is 0 Å². The molecular formula is C20H14O8S2. The van der Waals surface area contributed by atoms with Crippen LogP contribution in [0.4, 0.5) is 0 Å². The minimum absolute atomic E-state index is 0.242. The van der Waals surface area contributed by atoms with E-state index in [0.29, 0.717) is 16.8 Å². The minimum atomic E-state index is -5.35. The van der Waals surface area contributed by atoms with E-state index in [-0.39, 0.29) is 10.9 Å². The molecule has 0 radical (unpaired) electrons. The smallest absolute Gasteiger partial charge is 0.295 e. The highest BCUT2D eigenvalue weighted by molar-refractivity contribution is 7.92. The summed E-state index contributed by atoms with van der Waals surface area (Å²) in [5, 5.41) is 2.28. The third kappa shape index (κ3) is 2.96. The molecule has 30 heavy (non-hydrogen) atoms. The average Bonchev–Trinajstić information content (AvgIpc) is 2.65. The van der Waals surface area contributed by atoms with Crippen molar-refractivity contribution in [3.8, 4) is 0 Å². The van der Waals surface area contributed by atoms with Crippen LogP contribution in [0.5, 0.6) is 0 Å². The number of allylic oxidation sites excluding steroid dienone is 2. The first-order chi connectivity index (χ1) is 13.9. The zero-order valence-corrected chi connectivity index (χ0v) is 16.8. The Morgan fingerprint density at radius 1 is 0.800 bits per heavy atom. The fourth-order valence-corrected chi connectivity index (χ4v) is 5.74. The summed E-state index contributed by atoms with van der Waals surface area (Å²) >= 11 is 0. The third-order valence-electron chi connectivity index (χ3n) is 5.21. The molecule has 1 unspecified atom stereocenters. The summed E-state index contributed by atoms with van der Waals surface area (Å²) in [5.74, 6) is -2.63. The highest BCUT2D eigenvalue weighted by Crippen LogP contribution is 2.44. The molecule has 3 aromatic carbocycles. The molecule has 154 valence electrons. The van der Waals surface area contributed by atoms with Gasteiger partial charge in [-0.2, -0.15) is 16.8 Å². The number of carbonyl (C=O) groups is 2. The summed E-state index contributed by atoms with van der Waals surface area (Å²) in [6, 6.07) is 14.8. The number of Topliss-reactive ketones (excluding diaryl/α,β-unsaturated/α-hetero) is 1. The quantitative estimate of drug-likeness (QED) is 0.461. The molecule has 4 rings (SSSR count). The molecule has 0 bridgehead atoms. The average molecular weight is 446 g/mol. The van der Waals surface area contributed by atoms with Crippen LogP contribution >= 0.6 is 0 Å². The third-order valence-corrected chi connectivity index (χ3v) is 7.50. The fraction of sp³-hybridized carbons (Fsp3) is 0.100. The van der Waals surface area contributed by atoms with Gasteiger partial charge < -0.3 is 0 Å². The maximum Gasteiger partial charge on any atom is 0.298 e. The normalized spacial score (nSPS) is 20.5. The monoisotopic (exact) mass is 446 g/mol. The van der Waals surface area contributed by atoms with E-state index in [0.717, 1.165) is 5.39 Å². The Balaban J connectivity index is 2.15. The highest BCUT2D eigenvalue weighted by atomic mass is 32.2. The van der Waals surface area contributed by atoms with Crippen LogP contribution in [-0.4, -0.2) is 37.5 Å². The molecule has 10 heteroatoms. The number of fused-ring (bicyclic) bond motifs is 2. The van der Waals surface area contributed by atoms with Gasteiger partial charge in [0.2, 0.25) is 5.78 Å². The molecule has 1 atom stereocenters. The molecule has 1 aliphatic carbocycles. The molecule has 2 N–H and O–H groups in total. The van der Waals surface area contributed by atoms with Crippen molar-refractivity contribution in [1.29, 1.82) is 0 Å². The minimum Gasteiger partial charge on any atom is -0.295 e. The van der Waals surface area contributed by atoms with Crippen LogP contribution in [0.3, 0.4) is 0 Å². The molecule has 0 saturated heterocycles. The molecule has 1 aliphatic rings. The van der Waals surface area contributed by atoms with Crippen molar-refractivity contribution in [2.45, 2.75) is 11.2 Å². The molecular weight excluding hydrogens is 432 g/mol. The van der Waals surface area contributed by atoms with Gasteiger partial charge in [0.25, 0.3) is 20.2 Å². The van der Waals surface area contributed by atoms with Crippen LogP contribution in [0.15, 0.2) is 65.6 Å². The first kappa shape index (κ1) is 20.4. The van der Waals surface area contributed by atoms with Gasteiger partial charge in [-0.3, -0.25) is 18.7 Å². The zero-order valence-electron chi connectivity index (χ0n) is 15.1. The van der Waals surface area contributed by atoms with Gasteiger partial charge in [-0.05, 0) is 39.2 Å². The molecule has 0 heterocycles. The van der Waals surface area contributed by atoms with E-state index in [2.05, 4.69) is 0 Å². The van der Waals surface area contributed by atoms with Gasteiger partial charge in [0.1, 0.15) is 4.91 Å². The Morgan fingerprint density at radius 2 is 1.40 bits per heavy atom. The number of carbonyl (C=O) groups excluding carboxylic acids is 2. The lowest BCUT2D eigenvalue weighted by molar-refractivity contribution is -0.124. The molecule has 8 nitrogen and oxygen atoms in total. The van der Waals surface area contributed by atoms with Crippen LogP contribution in [0.25, 0.3) is 21.5 Å². The van der Waals surface area contributed by atoms with Crippen molar-refractivity contribution in [3.05, 3.63) is 71.1 Å². The topological polar surface area (TPSA) is 143 Å². The van der Waals surface area contributed by atoms with Gasteiger partial charge in [-0.25, -0.2) is 0 Å². The molecule has 0 fully saturated rings. The predicted octanol–water partition coefficient (Wildman–Crippen LogP) is 2.39. The number of rotatable bonds is 3. The van der Waals surface area contributed by atoms with E-state index < -0.39 is 47.9 Å². The number of benzene rings is 3. The number of ketones is 2. The van der Waals surface area contributed by atoms with E-state index in [4.69, 9.17) is 0 Å². The van der Waals surface area contributed by atoms with E-state index in [1.807, 2.05) is 12.1 Å². The molecule has 0 aromatic heterocycles. The van der Waals surface area contributed by atoms with Gasteiger partial charge in [0, 0.05) is 12.5 Å². The van der Waals surface area contributed by atoms with E-state index in [9.17, 15) is 35.5 Å². The SMILES string of the molecule is O=C1C=C(S(=O)(=O)O)C(=O)C(c2cccc3cc4ccccc4cc23)(S(=O)(=O)O)C1. The largest absolute Gasteiger partial charge is 0.298 e. The lowest BCUT2D eigenvalue weighted by Gasteiger charge is -2.32. The predicted molar refractivity (Wildman–Crippen MR) is 109 cm³/mol. The van der Waals surface area contributed by atoms with Crippen molar-refractivity contribution < 1.29 is 35.5 Å². The fourth-order valence-electron chi connectivity index (χ4n) is 3.86. The van der Waals surface area contributed by atoms with E-state index >= 15 is 0 Å². The lowest BCUT2D eigenvalue weighted by Crippen LogP contribution is -2.49. The van der Waals surface area contributed by atoms with Crippen molar-refractivity contribution in [2.24, 2.45) is 0 Å². The van der Waals surface area contributed by atoms with Crippen LogP contribution in [-0.2, 0) is 34.6 Å². The molecule has 3 aromatic rings. The summed E-state index contributed by atoms with van der Waals surface area (Å²) in [7, 11) is -10.6. The first-order valence-corrected chi connectivity index (χ1v) is 11.5. The summed E-state index contributed by atoms with van der Waals surface area (Å²) < 4.78 is 64.9. The summed E-state index contributed by atoms with van der Waals surface area (Å²) in [6.45, 7) is 0. The zero-order chi connectivity index (χ0) is 21.9. The summed E-state index contributed by atoms with van der Waals surface area (Å²) in [4.78, 5) is 24.0.